The quantitative estimate of drug-likeness (QED) is 0.708. The van der Waals surface area contributed by atoms with Crippen LogP contribution < -0.4 is 16.5 Å². The topological polar surface area (TPSA) is 106 Å². The number of hydrogen-bond donors (Lipinski definition) is 3. The highest BCUT2D eigenvalue weighted by molar-refractivity contribution is 6.03. The van der Waals surface area contributed by atoms with E-state index in [2.05, 4.69) is 20.6 Å². The predicted octanol–water partition coefficient (Wildman–Crippen LogP) is 1.25. The zero-order chi connectivity index (χ0) is 14.5. The van der Waals surface area contributed by atoms with Gasteiger partial charge < -0.3 is 15.8 Å². The van der Waals surface area contributed by atoms with Crippen LogP contribution >= 0.6 is 0 Å². The molecule has 106 valence electrons. The summed E-state index contributed by atoms with van der Waals surface area (Å²) in [6, 6.07) is 6.85. The van der Waals surface area contributed by atoms with Crippen LogP contribution in [0.25, 0.3) is 0 Å². The molecule has 1 aliphatic rings. The maximum Gasteiger partial charge on any atom is 0.427 e. The molecule has 0 fully saturated rings. The van der Waals surface area contributed by atoms with Gasteiger partial charge in [0.15, 0.2) is 0 Å². The molecule has 0 saturated carbocycles. The zero-order valence-corrected chi connectivity index (χ0v) is 11.1. The lowest BCUT2D eigenvalue weighted by atomic mass is 9.86. The van der Waals surface area contributed by atoms with Crippen LogP contribution in [0.15, 0.2) is 29.4 Å². The van der Waals surface area contributed by atoms with Crippen LogP contribution in [0, 0.1) is 0 Å². The molecule has 7 nitrogen and oxygen atoms in total. The van der Waals surface area contributed by atoms with E-state index in [0.29, 0.717) is 12.8 Å². The Hall–Kier alpha value is -2.57. The van der Waals surface area contributed by atoms with Gasteiger partial charge in [0.2, 0.25) is 0 Å². The normalized spacial score (nSPS) is 19.1. The van der Waals surface area contributed by atoms with E-state index in [1.165, 1.54) is 7.11 Å². The molecule has 1 atom stereocenters. The number of ether oxygens (including phenoxy) is 1. The van der Waals surface area contributed by atoms with Crippen molar-refractivity contribution in [1.82, 2.24) is 10.7 Å². The lowest BCUT2D eigenvalue weighted by molar-refractivity contribution is 0.171. The van der Waals surface area contributed by atoms with E-state index < -0.39 is 12.1 Å². The largest absolute Gasteiger partial charge is 0.452 e. The summed E-state index contributed by atoms with van der Waals surface area (Å²) in [7, 11) is 1.27. The van der Waals surface area contributed by atoms with Crippen molar-refractivity contribution in [3.63, 3.8) is 0 Å². The Labute approximate surface area is 116 Å². The minimum absolute atomic E-state index is 0.138. The average molecular weight is 276 g/mol. The first-order valence-electron chi connectivity index (χ1n) is 6.17. The summed E-state index contributed by atoms with van der Waals surface area (Å²) in [4.78, 5) is 22.1. The molecule has 0 radical (unpaired) electrons. The first-order chi connectivity index (χ1) is 9.61. The summed E-state index contributed by atoms with van der Waals surface area (Å²) in [5.74, 6) is 0. The third-order valence-electron chi connectivity index (χ3n) is 3.10. The number of benzene rings is 1. The fraction of sp³-hybridized carbons (Fsp3) is 0.308. The molecule has 20 heavy (non-hydrogen) atoms. The van der Waals surface area contributed by atoms with Gasteiger partial charge in [-0.15, -0.1) is 0 Å². The second-order valence-corrected chi connectivity index (χ2v) is 4.35. The SMILES string of the molecule is COC(=O)NN=C1CCC(NC(N)=O)c2ccccc21. The third-order valence-corrected chi connectivity index (χ3v) is 3.10. The van der Waals surface area contributed by atoms with Crippen LogP contribution in [-0.2, 0) is 4.74 Å². The number of fused-ring (bicyclic) bond motifs is 1. The molecule has 0 aromatic heterocycles. The molecule has 1 aromatic rings. The summed E-state index contributed by atoms with van der Waals surface area (Å²) in [5, 5.41) is 6.76. The predicted molar refractivity (Wildman–Crippen MR) is 73.2 cm³/mol. The van der Waals surface area contributed by atoms with E-state index in [1.807, 2.05) is 24.3 Å². The number of nitrogens with two attached hydrogens (primary N) is 1. The van der Waals surface area contributed by atoms with Crippen LogP contribution in [0.3, 0.4) is 0 Å². The molecule has 1 aliphatic carbocycles. The van der Waals surface area contributed by atoms with E-state index in [1.54, 1.807) is 0 Å². The molecule has 0 aliphatic heterocycles. The van der Waals surface area contributed by atoms with Crippen LogP contribution in [0.5, 0.6) is 0 Å². The molecule has 7 heteroatoms. The number of hydrogen-bond acceptors (Lipinski definition) is 4. The van der Waals surface area contributed by atoms with Crippen molar-refractivity contribution < 1.29 is 14.3 Å². The number of amides is 3. The summed E-state index contributed by atoms with van der Waals surface area (Å²) in [6.07, 6.45) is 0.667. The van der Waals surface area contributed by atoms with Crippen molar-refractivity contribution in [2.45, 2.75) is 18.9 Å². The van der Waals surface area contributed by atoms with Crippen molar-refractivity contribution >= 4 is 17.8 Å². The Morgan fingerprint density at radius 3 is 2.85 bits per heavy atom. The lowest BCUT2D eigenvalue weighted by Gasteiger charge is -2.26. The molecular weight excluding hydrogens is 260 g/mol. The second kappa shape index (κ2) is 6.05. The van der Waals surface area contributed by atoms with Gasteiger partial charge in [-0.1, -0.05) is 24.3 Å². The van der Waals surface area contributed by atoms with Gasteiger partial charge in [0.05, 0.1) is 18.9 Å². The van der Waals surface area contributed by atoms with Crippen molar-refractivity contribution in [3.05, 3.63) is 35.4 Å². The zero-order valence-electron chi connectivity index (χ0n) is 11.1. The Kier molecular flexibility index (Phi) is 4.19. The third kappa shape index (κ3) is 3.05. The number of hydrazone groups is 1. The highest BCUT2D eigenvalue weighted by Crippen LogP contribution is 2.29. The molecule has 3 amide bonds. The molecular formula is C13H16N4O3. The number of nitrogens with zero attached hydrogens (tertiary/aromatic N) is 1. The van der Waals surface area contributed by atoms with Crippen LogP contribution in [0.2, 0.25) is 0 Å². The summed E-state index contributed by atoms with van der Waals surface area (Å²) >= 11 is 0. The molecule has 1 unspecified atom stereocenters. The smallest absolute Gasteiger partial charge is 0.427 e. The molecule has 0 saturated heterocycles. The van der Waals surface area contributed by atoms with Gasteiger partial charge in [0.25, 0.3) is 0 Å². The minimum Gasteiger partial charge on any atom is -0.452 e. The Balaban J connectivity index is 2.26. The van der Waals surface area contributed by atoms with E-state index in [9.17, 15) is 9.59 Å². The standard InChI is InChI=1S/C13H16N4O3/c1-20-13(19)17-16-11-7-6-10(15-12(14)18)8-4-2-3-5-9(8)11/h2-5,10H,6-7H2,1H3,(H,17,19)(H3,14,15,18). The molecule has 0 heterocycles. The lowest BCUT2D eigenvalue weighted by Crippen LogP contribution is -2.36. The molecule has 1 aromatic carbocycles. The van der Waals surface area contributed by atoms with Crippen molar-refractivity contribution in [2.75, 3.05) is 7.11 Å². The summed E-state index contributed by atoms with van der Waals surface area (Å²) in [6.45, 7) is 0. The van der Waals surface area contributed by atoms with E-state index >= 15 is 0 Å². The number of carbonyl (C=O) groups is 2. The molecule has 2 rings (SSSR count). The van der Waals surface area contributed by atoms with Crippen molar-refractivity contribution in [2.24, 2.45) is 10.8 Å². The average Bonchev–Trinajstić information content (AvgIpc) is 2.45. The molecule has 0 bridgehead atoms. The maximum atomic E-state index is 11.1. The van der Waals surface area contributed by atoms with E-state index in [4.69, 9.17) is 5.73 Å². The van der Waals surface area contributed by atoms with Gasteiger partial charge in [-0.3, -0.25) is 0 Å². The fourth-order valence-electron chi connectivity index (χ4n) is 2.23. The van der Waals surface area contributed by atoms with Gasteiger partial charge in [-0.25, -0.2) is 15.0 Å². The molecule has 4 N–H and O–H groups in total. The Morgan fingerprint density at radius 1 is 1.40 bits per heavy atom. The Bertz CT molecular complexity index is 556. The van der Waals surface area contributed by atoms with Gasteiger partial charge in [0.1, 0.15) is 0 Å². The highest BCUT2D eigenvalue weighted by Gasteiger charge is 2.24. The monoisotopic (exact) mass is 276 g/mol. The number of rotatable bonds is 2. The van der Waals surface area contributed by atoms with Crippen LogP contribution in [0.1, 0.15) is 30.0 Å². The fourth-order valence-corrected chi connectivity index (χ4v) is 2.23. The van der Waals surface area contributed by atoms with Crippen molar-refractivity contribution in [3.8, 4) is 0 Å². The first-order valence-corrected chi connectivity index (χ1v) is 6.17. The number of methoxy groups -OCH3 is 1. The van der Waals surface area contributed by atoms with Crippen LogP contribution in [0.4, 0.5) is 9.59 Å². The maximum absolute atomic E-state index is 11.1. The second-order valence-electron chi connectivity index (χ2n) is 4.35. The summed E-state index contributed by atoms with van der Waals surface area (Å²) < 4.78 is 4.47. The van der Waals surface area contributed by atoms with Crippen molar-refractivity contribution in [1.29, 1.82) is 0 Å². The number of primary amides is 1. The van der Waals surface area contributed by atoms with Gasteiger partial charge >= 0.3 is 12.1 Å². The summed E-state index contributed by atoms with van der Waals surface area (Å²) in [5.41, 5.74) is 10.1. The van der Waals surface area contributed by atoms with E-state index in [0.717, 1.165) is 16.8 Å². The minimum atomic E-state index is -0.618. The first kappa shape index (κ1) is 13.9. The number of urea groups is 1. The highest BCUT2D eigenvalue weighted by atomic mass is 16.5. The van der Waals surface area contributed by atoms with E-state index in [-0.39, 0.29) is 6.04 Å². The Morgan fingerprint density at radius 2 is 2.15 bits per heavy atom. The van der Waals surface area contributed by atoms with Gasteiger partial charge in [-0.05, 0) is 18.4 Å². The molecule has 0 spiro atoms. The van der Waals surface area contributed by atoms with Gasteiger partial charge in [0, 0.05) is 5.56 Å². The number of nitrogens with one attached hydrogen (secondary N) is 2. The number of carbonyl (C=O) groups excluding carboxylic acids is 2. The van der Waals surface area contributed by atoms with Gasteiger partial charge in [-0.2, -0.15) is 5.10 Å². The van der Waals surface area contributed by atoms with Crippen LogP contribution in [-0.4, -0.2) is 24.9 Å².